The van der Waals surface area contributed by atoms with Gasteiger partial charge in [-0.15, -0.1) is 0 Å². The first kappa shape index (κ1) is 12.2. The zero-order valence-electron chi connectivity index (χ0n) is 8.82. The molecule has 1 aliphatic rings. The molecule has 0 aromatic carbocycles. The van der Waals surface area contributed by atoms with E-state index in [2.05, 4.69) is 15.8 Å². The molecule has 1 heterocycles. The number of rotatable bonds is 4. The lowest BCUT2D eigenvalue weighted by molar-refractivity contribution is -0.137. The zero-order valence-corrected chi connectivity index (χ0v) is 8.82. The first-order valence-electron chi connectivity index (χ1n) is 4.87. The molecule has 0 saturated heterocycles. The van der Waals surface area contributed by atoms with E-state index in [1.807, 2.05) is 0 Å². The molecule has 0 fully saturated rings. The van der Waals surface area contributed by atoms with Crippen LogP contribution in [0.2, 0.25) is 0 Å². The van der Waals surface area contributed by atoms with Crippen molar-refractivity contribution in [1.29, 1.82) is 0 Å². The van der Waals surface area contributed by atoms with Crippen molar-refractivity contribution >= 4 is 23.5 Å². The molecule has 7 heteroatoms. The van der Waals surface area contributed by atoms with Crippen molar-refractivity contribution in [3.05, 3.63) is 0 Å². The Morgan fingerprint density at radius 1 is 1.56 bits per heavy atom. The second-order valence-electron chi connectivity index (χ2n) is 3.57. The summed E-state index contributed by atoms with van der Waals surface area (Å²) in [6.07, 6.45) is 0.350. The van der Waals surface area contributed by atoms with Crippen molar-refractivity contribution in [2.75, 3.05) is 0 Å². The average molecular weight is 227 g/mol. The van der Waals surface area contributed by atoms with Crippen molar-refractivity contribution < 1.29 is 19.5 Å². The van der Waals surface area contributed by atoms with E-state index in [0.29, 0.717) is 0 Å². The third kappa shape index (κ3) is 3.68. The number of carbonyl (C=O) groups is 3. The van der Waals surface area contributed by atoms with E-state index >= 15 is 0 Å². The van der Waals surface area contributed by atoms with Crippen LogP contribution >= 0.6 is 0 Å². The Kier molecular flexibility index (Phi) is 3.98. The summed E-state index contributed by atoms with van der Waals surface area (Å²) in [5, 5.41) is 14.6. The number of nitrogens with zero attached hydrogens (tertiary/aromatic N) is 1. The van der Waals surface area contributed by atoms with Gasteiger partial charge in [-0.1, -0.05) is 0 Å². The van der Waals surface area contributed by atoms with Gasteiger partial charge in [0.15, 0.2) is 0 Å². The van der Waals surface area contributed by atoms with Gasteiger partial charge in [0.05, 0.1) is 6.42 Å². The Morgan fingerprint density at radius 3 is 2.75 bits per heavy atom. The van der Waals surface area contributed by atoms with Crippen molar-refractivity contribution in [1.82, 2.24) is 10.7 Å². The minimum absolute atomic E-state index is 0.147. The normalized spacial score (nSPS) is 17.1. The summed E-state index contributed by atoms with van der Waals surface area (Å²) >= 11 is 0. The second-order valence-corrected chi connectivity index (χ2v) is 3.57. The van der Waals surface area contributed by atoms with Gasteiger partial charge in [0.1, 0.15) is 5.71 Å². The SMILES string of the molecule is CC(CC(=O)O)NC(=O)C1=NNC(=O)CC1. The number of hydrazone groups is 1. The van der Waals surface area contributed by atoms with Crippen molar-refractivity contribution in [3.63, 3.8) is 0 Å². The van der Waals surface area contributed by atoms with E-state index in [-0.39, 0.29) is 30.9 Å². The molecule has 2 amide bonds. The van der Waals surface area contributed by atoms with Crippen LogP contribution in [0.1, 0.15) is 26.2 Å². The van der Waals surface area contributed by atoms with Gasteiger partial charge >= 0.3 is 5.97 Å². The van der Waals surface area contributed by atoms with E-state index in [9.17, 15) is 14.4 Å². The van der Waals surface area contributed by atoms with Gasteiger partial charge in [-0.3, -0.25) is 14.4 Å². The summed E-state index contributed by atoms with van der Waals surface area (Å²) in [6.45, 7) is 1.59. The standard InChI is InChI=1S/C9H13N3O4/c1-5(4-8(14)15)10-9(16)6-2-3-7(13)12-11-6/h5H,2-4H2,1H3,(H,10,16)(H,12,13)(H,14,15). The minimum atomic E-state index is -0.980. The minimum Gasteiger partial charge on any atom is -0.481 e. The van der Waals surface area contributed by atoms with Gasteiger partial charge in [0.25, 0.3) is 5.91 Å². The fraction of sp³-hybridized carbons (Fsp3) is 0.556. The topological polar surface area (TPSA) is 108 Å². The molecular weight excluding hydrogens is 214 g/mol. The van der Waals surface area contributed by atoms with Crippen LogP contribution in [0.4, 0.5) is 0 Å². The fourth-order valence-electron chi connectivity index (χ4n) is 1.26. The first-order valence-corrected chi connectivity index (χ1v) is 4.87. The Labute approximate surface area is 91.9 Å². The second kappa shape index (κ2) is 5.24. The van der Waals surface area contributed by atoms with Crippen LogP contribution in [-0.4, -0.2) is 34.6 Å². The summed E-state index contributed by atoms with van der Waals surface area (Å²) in [6, 6.07) is -0.467. The van der Waals surface area contributed by atoms with Gasteiger partial charge in [0.2, 0.25) is 5.91 Å². The molecule has 1 aliphatic heterocycles. The van der Waals surface area contributed by atoms with Crippen LogP contribution in [-0.2, 0) is 14.4 Å². The molecule has 1 unspecified atom stereocenters. The zero-order chi connectivity index (χ0) is 12.1. The highest BCUT2D eigenvalue weighted by Gasteiger charge is 2.20. The average Bonchev–Trinajstić information content (AvgIpc) is 2.16. The van der Waals surface area contributed by atoms with Crippen LogP contribution in [0.5, 0.6) is 0 Å². The van der Waals surface area contributed by atoms with Gasteiger partial charge in [-0.25, -0.2) is 5.43 Å². The van der Waals surface area contributed by atoms with Crippen molar-refractivity contribution in [2.24, 2.45) is 5.10 Å². The molecule has 0 aliphatic carbocycles. The van der Waals surface area contributed by atoms with Crippen LogP contribution in [0, 0.1) is 0 Å². The molecule has 16 heavy (non-hydrogen) atoms. The Morgan fingerprint density at radius 2 is 2.25 bits per heavy atom. The predicted molar refractivity (Wildman–Crippen MR) is 54.7 cm³/mol. The lowest BCUT2D eigenvalue weighted by Crippen LogP contribution is -2.41. The summed E-state index contributed by atoms with van der Waals surface area (Å²) < 4.78 is 0. The predicted octanol–water partition coefficient (Wildman–Crippen LogP) is -0.768. The van der Waals surface area contributed by atoms with E-state index in [0.717, 1.165) is 0 Å². The van der Waals surface area contributed by atoms with E-state index < -0.39 is 17.9 Å². The van der Waals surface area contributed by atoms with Gasteiger partial charge in [0, 0.05) is 18.9 Å². The fourth-order valence-corrected chi connectivity index (χ4v) is 1.26. The summed E-state index contributed by atoms with van der Waals surface area (Å²) in [4.78, 5) is 32.7. The lowest BCUT2D eigenvalue weighted by Gasteiger charge is -2.15. The van der Waals surface area contributed by atoms with E-state index in [1.54, 1.807) is 6.92 Å². The first-order chi connectivity index (χ1) is 7.49. The molecule has 88 valence electrons. The van der Waals surface area contributed by atoms with Crippen molar-refractivity contribution in [3.8, 4) is 0 Å². The summed E-state index contributed by atoms with van der Waals surface area (Å²) in [5.41, 5.74) is 2.42. The molecule has 0 aromatic rings. The summed E-state index contributed by atoms with van der Waals surface area (Å²) in [7, 11) is 0. The molecule has 1 atom stereocenters. The number of carboxylic acids is 1. The molecule has 0 spiro atoms. The van der Waals surface area contributed by atoms with Gasteiger partial charge in [-0.2, -0.15) is 5.10 Å². The maximum Gasteiger partial charge on any atom is 0.305 e. The van der Waals surface area contributed by atoms with Gasteiger partial charge < -0.3 is 10.4 Å². The summed E-state index contributed by atoms with van der Waals surface area (Å²) in [5.74, 6) is -1.64. The van der Waals surface area contributed by atoms with Crippen LogP contribution in [0.15, 0.2) is 5.10 Å². The smallest absolute Gasteiger partial charge is 0.305 e. The molecule has 1 rings (SSSR count). The maximum atomic E-state index is 11.5. The van der Waals surface area contributed by atoms with Crippen molar-refractivity contribution in [2.45, 2.75) is 32.2 Å². The molecule has 3 N–H and O–H groups in total. The Balaban J connectivity index is 2.46. The highest BCUT2D eigenvalue weighted by Crippen LogP contribution is 2.00. The third-order valence-electron chi connectivity index (χ3n) is 2.02. The highest BCUT2D eigenvalue weighted by atomic mass is 16.4. The molecular formula is C9H13N3O4. The number of nitrogens with one attached hydrogen (secondary N) is 2. The molecule has 0 aromatic heterocycles. The Hall–Kier alpha value is -1.92. The number of hydrogen-bond donors (Lipinski definition) is 3. The number of carboxylic acid groups (broad SMARTS) is 1. The highest BCUT2D eigenvalue weighted by molar-refractivity contribution is 6.39. The number of amides is 2. The quantitative estimate of drug-likeness (QED) is 0.586. The van der Waals surface area contributed by atoms with E-state index in [1.165, 1.54) is 0 Å². The maximum absolute atomic E-state index is 11.5. The van der Waals surface area contributed by atoms with Crippen LogP contribution in [0.25, 0.3) is 0 Å². The number of carbonyl (C=O) groups excluding carboxylic acids is 2. The van der Waals surface area contributed by atoms with Crippen LogP contribution in [0.3, 0.4) is 0 Å². The largest absolute Gasteiger partial charge is 0.481 e. The van der Waals surface area contributed by atoms with E-state index in [4.69, 9.17) is 5.11 Å². The third-order valence-corrected chi connectivity index (χ3v) is 2.02. The molecule has 0 bridgehead atoms. The molecule has 0 radical (unpaired) electrons. The monoisotopic (exact) mass is 227 g/mol. The Bertz CT molecular complexity index is 351. The molecule has 7 nitrogen and oxygen atoms in total. The van der Waals surface area contributed by atoms with Crippen LogP contribution < -0.4 is 10.7 Å². The number of hydrogen-bond acceptors (Lipinski definition) is 4. The molecule has 0 saturated carbocycles. The number of aliphatic carboxylic acids is 1. The van der Waals surface area contributed by atoms with Gasteiger partial charge in [-0.05, 0) is 6.92 Å². The lowest BCUT2D eigenvalue weighted by atomic mass is 10.1.